The lowest BCUT2D eigenvalue weighted by Gasteiger charge is -2.06. The van der Waals surface area contributed by atoms with Crippen LogP contribution in [0.15, 0.2) is 30.5 Å². The number of nitrogens with zero attached hydrogens (tertiary/aromatic N) is 2. The normalized spacial score (nSPS) is 10.7. The Morgan fingerprint density at radius 3 is 2.89 bits per heavy atom. The number of ether oxygens (including phenoxy) is 1. The first-order chi connectivity index (χ1) is 9.22. The monoisotopic (exact) mass is 259 g/mol. The average Bonchev–Trinajstić information content (AvgIpc) is 2.79. The van der Waals surface area contributed by atoms with Crippen LogP contribution >= 0.6 is 0 Å². The number of methoxy groups -OCH3 is 1. The molecule has 0 radical (unpaired) electrons. The molecule has 102 valence electrons. The minimum absolute atomic E-state index is 0.829. The van der Waals surface area contributed by atoms with Crippen molar-refractivity contribution in [2.45, 2.75) is 26.4 Å². The standard InChI is InChI=1S/C15H21N3O/c1-4-15-13(11-18(2)17-15)10-16-9-12-6-5-7-14(8-12)19-3/h5-8,11,16H,4,9-10H2,1-3H3. The van der Waals surface area contributed by atoms with Gasteiger partial charge in [-0.15, -0.1) is 0 Å². The Hall–Kier alpha value is -1.81. The molecular weight excluding hydrogens is 238 g/mol. The van der Waals surface area contributed by atoms with Crippen molar-refractivity contribution in [3.05, 3.63) is 47.3 Å². The zero-order chi connectivity index (χ0) is 13.7. The van der Waals surface area contributed by atoms with Crippen LogP contribution in [0.25, 0.3) is 0 Å². The summed E-state index contributed by atoms with van der Waals surface area (Å²) in [6.45, 7) is 3.80. The fraction of sp³-hybridized carbons (Fsp3) is 0.400. The molecule has 4 heteroatoms. The lowest BCUT2D eigenvalue weighted by atomic mass is 10.2. The number of rotatable bonds is 6. The Morgan fingerprint density at radius 1 is 1.32 bits per heavy atom. The van der Waals surface area contributed by atoms with Crippen molar-refractivity contribution in [2.75, 3.05) is 7.11 Å². The molecule has 2 rings (SSSR count). The van der Waals surface area contributed by atoms with Gasteiger partial charge in [-0.2, -0.15) is 5.10 Å². The molecule has 19 heavy (non-hydrogen) atoms. The average molecular weight is 259 g/mol. The van der Waals surface area contributed by atoms with Gasteiger partial charge in [-0.1, -0.05) is 19.1 Å². The third-order valence-corrected chi connectivity index (χ3v) is 3.11. The summed E-state index contributed by atoms with van der Waals surface area (Å²) in [7, 11) is 3.65. The molecule has 1 aromatic heterocycles. The van der Waals surface area contributed by atoms with Crippen LogP contribution < -0.4 is 10.1 Å². The SMILES string of the molecule is CCc1nn(C)cc1CNCc1cccc(OC)c1. The molecule has 0 spiro atoms. The molecule has 0 atom stereocenters. The fourth-order valence-electron chi connectivity index (χ4n) is 2.15. The minimum atomic E-state index is 0.829. The number of aromatic nitrogens is 2. The summed E-state index contributed by atoms with van der Waals surface area (Å²) in [6, 6.07) is 8.12. The molecule has 4 nitrogen and oxygen atoms in total. The summed E-state index contributed by atoms with van der Waals surface area (Å²) < 4.78 is 7.09. The van der Waals surface area contributed by atoms with Gasteiger partial charge in [0.15, 0.2) is 0 Å². The number of nitrogens with one attached hydrogen (secondary N) is 1. The highest BCUT2D eigenvalue weighted by molar-refractivity contribution is 5.28. The van der Waals surface area contributed by atoms with Crippen LogP contribution in [0.4, 0.5) is 0 Å². The molecule has 1 heterocycles. The van der Waals surface area contributed by atoms with Crippen molar-refractivity contribution >= 4 is 0 Å². The van der Waals surface area contributed by atoms with E-state index in [9.17, 15) is 0 Å². The molecule has 0 aliphatic heterocycles. The second-order valence-corrected chi connectivity index (χ2v) is 4.58. The zero-order valence-corrected chi connectivity index (χ0v) is 11.8. The Labute approximate surface area is 114 Å². The lowest BCUT2D eigenvalue weighted by Crippen LogP contribution is -2.13. The maximum absolute atomic E-state index is 5.22. The summed E-state index contributed by atoms with van der Waals surface area (Å²) in [5.74, 6) is 0.898. The predicted molar refractivity (Wildman–Crippen MR) is 76.1 cm³/mol. The molecule has 2 aromatic rings. The smallest absolute Gasteiger partial charge is 0.119 e. The van der Waals surface area contributed by atoms with E-state index in [4.69, 9.17) is 4.74 Å². The van der Waals surface area contributed by atoms with Crippen molar-refractivity contribution in [1.29, 1.82) is 0 Å². The van der Waals surface area contributed by atoms with E-state index in [2.05, 4.69) is 35.7 Å². The minimum Gasteiger partial charge on any atom is -0.497 e. The van der Waals surface area contributed by atoms with Gasteiger partial charge in [-0.05, 0) is 24.1 Å². The molecule has 0 amide bonds. The summed E-state index contributed by atoms with van der Waals surface area (Å²) in [5.41, 5.74) is 3.66. The Kier molecular flexibility index (Phi) is 4.58. The maximum atomic E-state index is 5.22. The van der Waals surface area contributed by atoms with Gasteiger partial charge in [-0.3, -0.25) is 4.68 Å². The first-order valence-electron chi connectivity index (χ1n) is 6.58. The van der Waals surface area contributed by atoms with E-state index >= 15 is 0 Å². The summed E-state index contributed by atoms with van der Waals surface area (Å²) in [6.07, 6.45) is 3.05. The topological polar surface area (TPSA) is 39.1 Å². The van der Waals surface area contributed by atoms with Gasteiger partial charge in [0.2, 0.25) is 0 Å². The predicted octanol–water partition coefficient (Wildman–Crippen LogP) is 2.28. The number of benzene rings is 1. The van der Waals surface area contributed by atoms with E-state index in [1.165, 1.54) is 16.8 Å². The molecular formula is C15H21N3O. The second kappa shape index (κ2) is 6.38. The van der Waals surface area contributed by atoms with Crippen LogP contribution in [0.1, 0.15) is 23.7 Å². The van der Waals surface area contributed by atoms with E-state index in [-0.39, 0.29) is 0 Å². The number of hydrogen-bond acceptors (Lipinski definition) is 3. The van der Waals surface area contributed by atoms with E-state index in [1.807, 2.05) is 23.9 Å². The van der Waals surface area contributed by atoms with Crippen molar-refractivity contribution in [3.8, 4) is 5.75 Å². The molecule has 1 aromatic carbocycles. The molecule has 0 bridgehead atoms. The molecule has 0 unspecified atom stereocenters. The molecule has 0 aliphatic rings. The van der Waals surface area contributed by atoms with Gasteiger partial charge in [0.05, 0.1) is 12.8 Å². The molecule has 0 saturated carbocycles. The quantitative estimate of drug-likeness (QED) is 0.865. The summed E-state index contributed by atoms with van der Waals surface area (Å²) in [5, 5.41) is 7.89. The Balaban J connectivity index is 1.92. The number of hydrogen-bond donors (Lipinski definition) is 1. The second-order valence-electron chi connectivity index (χ2n) is 4.58. The molecule has 0 fully saturated rings. The van der Waals surface area contributed by atoms with Crippen molar-refractivity contribution in [3.63, 3.8) is 0 Å². The van der Waals surface area contributed by atoms with Crippen LogP contribution in [0.3, 0.4) is 0 Å². The van der Waals surface area contributed by atoms with E-state index in [0.717, 1.165) is 25.3 Å². The highest BCUT2D eigenvalue weighted by atomic mass is 16.5. The van der Waals surface area contributed by atoms with Crippen LogP contribution in [0, 0.1) is 0 Å². The van der Waals surface area contributed by atoms with Crippen molar-refractivity contribution in [1.82, 2.24) is 15.1 Å². The van der Waals surface area contributed by atoms with Gasteiger partial charge in [-0.25, -0.2) is 0 Å². The van der Waals surface area contributed by atoms with Crippen LogP contribution in [-0.4, -0.2) is 16.9 Å². The van der Waals surface area contributed by atoms with Gasteiger partial charge in [0.25, 0.3) is 0 Å². The van der Waals surface area contributed by atoms with Crippen LogP contribution in [0.2, 0.25) is 0 Å². The van der Waals surface area contributed by atoms with Crippen LogP contribution in [0.5, 0.6) is 5.75 Å². The van der Waals surface area contributed by atoms with Crippen molar-refractivity contribution in [2.24, 2.45) is 7.05 Å². The van der Waals surface area contributed by atoms with Gasteiger partial charge in [0, 0.05) is 31.9 Å². The summed E-state index contributed by atoms with van der Waals surface area (Å²) in [4.78, 5) is 0. The highest BCUT2D eigenvalue weighted by Crippen LogP contribution is 2.13. The van der Waals surface area contributed by atoms with Gasteiger partial charge >= 0.3 is 0 Å². The summed E-state index contributed by atoms with van der Waals surface area (Å²) >= 11 is 0. The van der Waals surface area contributed by atoms with Crippen molar-refractivity contribution < 1.29 is 4.74 Å². The molecule has 0 aliphatic carbocycles. The van der Waals surface area contributed by atoms with E-state index in [1.54, 1.807) is 7.11 Å². The lowest BCUT2D eigenvalue weighted by molar-refractivity contribution is 0.414. The fourth-order valence-corrected chi connectivity index (χ4v) is 2.15. The molecule has 0 saturated heterocycles. The van der Waals surface area contributed by atoms with Crippen LogP contribution in [-0.2, 0) is 26.6 Å². The first kappa shape index (κ1) is 13.6. The first-order valence-corrected chi connectivity index (χ1v) is 6.58. The van der Waals surface area contributed by atoms with E-state index < -0.39 is 0 Å². The Morgan fingerprint density at radius 2 is 2.16 bits per heavy atom. The van der Waals surface area contributed by atoms with Gasteiger partial charge in [0.1, 0.15) is 5.75 Å². The zero-order valence-electron chi connectivity index (χ0n) is 11.8. The third kappa shape index (κ3) is 3.58. The van der Waals surface area contributed by atoms with Gasteiger partial charge < -0.3 is 10.1 Å². The maximum Gasteiger partial charge on any atom is 0.119 e. The molecule has 1 N–H and O–H groups in total. The number of aryl methyl sites for hydroxylation is 2. The third-order valence-electron chi connectivity index (χ3n) is 3.11. The van der Waals surface area contributed by atoms with E-state index in [0.29, 0.717) is 0 Å². The largest absolute Gasteiger partial charge is 0.497 e. The Bertz CT molecular complexity index is 534. The highest BCUT2D eigenvalue weighted by Gasteiger charge is 2.05.